The van der Waals surface area contributed by atoms with E-state index < -0.39 is 10.0 Å². The molecule has 1 aliphatic rings. The van der Waals surface area contributed by atoms with Crippen molar-refractivity contribution in [3.8, 4) is 0 Å². The van der Waals surface area contributed by atoms with Crippen LogP contribution in [0, 0.1) is 0 Å². The van der Waals surface area contributed by atoms with Gasteiger partial charge < -0.3 is 5.73 Å². The van der Waals surface area contributed by atoms with E-state index in [9.17, 15) is 8.42 Å². The average molecular weight is 356 g/mol. The normalized spacial score (nSPS) is 20.9. The second-order valence-electron chi connectivity index (χ2n) is 5.86. The molecule has 2 aromatic rings. The predicted molar refractivity (Wildman–Crippen MR) is 94.2 cm³/mol. The highest BCUT2D eigenvalue weighted by Gasteiger charge is 2.36. The zero-order valence-corrected chi connectivity index (χ0v) is 14.7. The Morgan fingerprint density at radius 3 is 2.78 bits per heavy atom. The van der Waals surface area contributed by atoms with Crippen molar-refractivity contribution in [1.29, 1.82) is 0 Å². The number of rotatable bonds is 3. The Labute approximate surface area is 143 Å². The van der Waals surface area contributed by atoms with Gasteiger partial charge >= 0.3 is 0 Å². The number of hydrogen-bond acceptors (Lipinski definition) is 4. The fourth-order valence-corrected chi connectivity index (χ4v) is 5.16. The van der Waals surface area contributed by atoms with Gasteiger partial charge in [-0.25, -0.2) is 8.42 Å². The van der Waals surface area contributed by atoms with Crippen molar-refractivity contribution >= 4 is 33.3 Å². The molecule has 0 radical (unpaired) electrons. The molecular weight excluding hydrogens is 334 g/mol. The summed E-state index contributed by atoms with van der Waals surface area (Å²) in [4.78, 5) is 4.57. The van der Waals surface area contributed by atoms with E-state index in [1.54, 1.807) is 34.8 Å². The van der Waals surface area contributed by atoms with E-state index in [2.05, 4.69) is 4.98 Å². The molecule has 0 spiro atoms. The second-order valence-corrected chi connectivity index (χ2v) is 7.72. The van der Waals surface area contributed by atoms with E-state index >= 15 is 0 Å². The quantitative estimate of drug-likeness (QED) is 0.917. The van der Waals surface area contributed by atoms with E-state index in [1.165, 1.54) is 0 Å². The molecule has 3 rings (SSSR count). The minimum Gasteiger partial charge on any atom is -0.326 e. The standard InChI is InChI=1S/C16H21N3O2S.ClH/c1-12(17)15-8-2-3-11-19(15)22(20,21)16-9-4-7-14-13(16)6-5-10-18-14;/h4-7,9-10,12,15H,2-3,8,11,17H2,1H3;1H. The number of benzene rings is 1. The first-order valence-electron chi connectivity index (χ1n) is 7.63. The van der Waals surface area contributed by atoms with Gasteiger partial charge in [-0.2, -0.15) is 4.31 Å². The van der Waals surface area contributed by atoms with Crippen LogP contribution in [-0.4, -0.2) is 36.3 Å². The number of fused-ring (bicyclic) bond motifs is 1. The lowest BCUT2D eigenvalue weighted by Gasteiger charge is -2.37. The van der Waals surface area contributed by atoms with Gasteiger partial charge in [-0.05, 0) is 44.0 Å². The van der Waals surface area contributed by atoms with Gasteiger partial charge in [0, 0.05) is 30.2 Å². The molecule has 0 amide bonds. The van der Waals surface area contributed by atoms with Crippen LogP contribution in [0.15, 0.2) is 41.4 Å². The molecule has 2 N–H and O–H groups in total. The maximum atomic E-state index is 13.2. The number of piperidine rings is 1. The van der Waals surface area contributed by atoms with E-state index in [1.807, 2.05) is 13.0 Å². The lowest BCUT2D eigenvalue weighted by molar-refractivity contribution is 0.227. The third-order valence-corrected chi connectivity index (χ3v) is 6.28. The fraction of sp³-hybridized carbons (Fsp3) is 0.438. The van der Waals surface area contributed by atoms with Gasteiger partial charge in [-0.1, -0.05) is 12.5 Å². The SMILES string of the molecule is CC(N)C1CCCCN1S(=O)(=O)c1cccc2ncccc12.Cl. The molecule has 1 aromatic carbocycles. The maximum Gasteiger partial charge on any atom is 0.244 e. The molecular formula is C16H22ClN3O2S. The first kappa shape index (κ1) is 18.1. The van der Waals surface area contributed by atoms with Crippen molar-refractivity contribution in [3.05, 3.63) is 36.5 Å². The summed E-state index contributed by atoms with van der Waals surface area (Å²) >= 11 is 0. The molecule has 1 aliphatic heterocycles. The van der Waals surface area contributed by atoms with Crippen LogP contribution in [0.1, 0.15) is 26.2 Å². The molecule has 126 valence electrons. The van der Waals surface area contributed by atoms with Crippen molar-refractivity contribution in [1.82, 2.24) is 9.29 Å². The Kier molecular flexibility index (Phi) is 5.62. The molecule has 0 saturated carbocycles. The van der Waals surface area contributed by atoms with Crippen LogP contribution in [-0.2, 0) is 10.0 Å². The molecule has 0 bridgehead atoms. The monoisotopic (exact) mass is 355 g/mol. The zero-order chi connectivity index (χ0) is 15.7. The summed E-state index contributed by atoms with van der Waals surface area (Å²) in [6.07, 6.45) is 4.39. The van der Waals surface area contributed by atoms with Gasteiger partial charge in [-0.15, -0.1) is 12.4 Å². The number of nitrogens with two attached hydrogens (primary N) is 1. The molecule has 5 nitrogen and oxygen atoms in total. The molecule has 2 atom stereocenters. The first-order chi connectivity index (χ1) is 10.5. The van der Waals surface area contributed by atoms with E-state index in [-0.39, 0.29) is 24.5 Å². The van der Waals surface area contributed by atoms with E-state index in [0.717, 1.165) is 19.3 Å². The van der Waals surface area contributed by atoms with Crippen molar-refractivity contribution < 1.29 is 8.42 Å². The van der Waals surface area contributed by atoms with Gasteiger partial charge in [0.15, 0.2) is 0 Å². The summed E-state index contributed by atoms with van der Waals surface area (Å²) in [5, 5.41) is 0.666. The highest BCUT2D eigenvalue weighted by atomic mass is 35.5. The number of halogens is 1. The number of sulfonamides is 1. The van der Waals surface area contributed by atoms with Gasteiger partial charge in [0.25, 0.3) is 0 Å². The van der Waals surface area contributed by atoms with Crippen molar-refractivity contribution in [2.75, 3.05) is 6.54 Å². The highest BCUT2D eigenvalue weighted by molar-refractivity contribution is 7.89. The molecule has 1 fully saturated rings. The van der Waals surface area contributed by atoms with Crippen LogP contribution in [0.4, 0.5) is 0 Å². The van der Waals surface area contributed by atoms with E-state index in [4.69, 9.17) is 5.73 Å². The molecule has 1 saturated heterocycles. The number of hydrogen-bond donors (Lipinski definition) is 1. The topological polar surface area (TPSA) is 76.3 Å². The minimum atomic E-state index is -3.57. The Morgan fingerprint density at radius 2 is 2.04 bits per heavy atom. The average Bonchev–Trinajstić information content (AvgIpc) is 2.54. The molecule has 7 heteroatoms. The Hall–Kier alpha value is -1.21. The highest BCUT2D eigenvalue weighted by Crippen LogP contribution is 2.30. The third-order valence-electron chi connectivity index (χ3n) is 4.30. The number of aromatic nitrogens is 1. The predicted octanol–water partition coefficient (Wildman–Crippen LogP) is 2.55. The second kappa shape index (κ2) is 7.13. The molecule has 2 heterocycles. The molecule has 1 aromatic heterocycles. The summed E-state index contributed by atoms with van der Waals surface area (Å²) in [7, 11) is -3.57. The Bertz CT molecular complexity index is 774. The first-order valence-corrected chi connectivity index (χ1v) is 9.07. The smallest absolute Gasteiger partial charge is 0.244 e. The van der Waals surface area contributed by atoms with Crippen LogP contribution < -0.4 is 5.73 Å². The van der Waals surface area contributed by atoms with Gasteiger partial charge in [0.05, 0.1) is 10.4 Å². The Balaban J connectivity index is 0.00000192. The fourth-order valence-electron chi connectivity index (χ4n) is 3.18. The maximum absolute atomic E-state index is 13.2. The molecule has 2 unspecified atom stereocenters. The Morgan fingerprint density at radius 1 is 1.26 bits per heavy atom. The summed E-state index contributed by atoms with van der Waals surface area (Å²) in [5.74, 6) is 0. The van der Waals surface area contributed by atoms with Crippen LogP contribution >= 0.6 is 12.4 Å². The van der Waals surface area contributed by atoms with Crippen molar-refractivity contribution in [2.24, 2.45) is 5.73 Å². The summed E-state index contributed by atoms with van der Waals surface area (Å²) in [6, 6.07) is 8.49. The van der Waals surface area contributed by atoms with Crippen molar-refractivity contribution in [3.63, 3.8) is 0 Å². The molecule has 0 aliphatic carbocycles. The van der Waals surface area contributed by atoms with Gasteiger partial charge in [0.1, 0.15) is 0 Å². The largest absolute Gasteiger partial charge is 0.326 e. The van der Waals surface area contributed by atoms with E-state index in [0.29, 0.717) is 22.3 Å². The van der Waals surface area contributed by atoms with Crippen LogP contribution in [0.2, 0.25) is 0 Å². The summed E-state index contributed by atoms with van der Waals surface area (Å²) in [5.41, 5.74) is 6.72. The lowest BCUT2D eigenvalue weighted by atomic mass is 10.00. The molecule has 23 heavy (non-hydrogen) atoms. The summed E-state index contributed by atoms with van der Waals surface area (Å²) in [6.45, 7) is 2.41. The number of pyridine rings is 1. The van der Waals surface area contributed by atoms with Crippen LogP contribution in [0.3, 0.4) is 0 Å². The van der Waals surface area contributed by atoms with Crippen LogP contribution in [0.25, 0.3) is 10.9 Å². The van der Waals surface area contributed by atoms with Gasteiger partial charge in [-0.3, -0.25) is 4.98 Å². The minimum absolute atomic E-state index is 0. The third kappa shape index (κ3) is 3.35. The zero-order valence-electron chi connectivity index (χ0n) is 13.1. The number of nitrogens with zero attached hydrogens (tertiary/aromatic N) is 2. The van der Waals surface area contributed by atoms with Crippen LogP contribution in [0.5, 0.6) is 0 Å². The lowest BCUT2D eigenvalue weighted by Crippen LogP contribution is -2.51. The summed E-state index contributed by atoms with van der Waals surface area (Å²) < 4.78 is 27.9. The van der Waals surface area contributed by atoms with Gasteiger partial charge in [0.2, 0.25) is 10.0 Å². The van der Waals surface area contributed by atoms with Crippen molar-refractivity contribution in [2.45, 2.75) is 43.2 Å².